The highest BCUT2D eigenvalue weighted by Gasteiger charge is 2.14. The molecular formula is C14H16N2O. The number of oxazole rings is 1. The summed E-state index contributed by atoms with van der Waals surface area (Å²) in [5.74, 6) is 1.41. The molecule has 1 heterocycles. The molecule has 3 rings (SSSR count). The van der Waals surface area contributed by atoms with Gasteiger partial charge in [-0.3, -0.25) is 0 Å². The summed E-state index contributed by atoms with van der Waals surface area (Å²) in [6, 6.07) is 6.37. The Morgan fingerprint density at radius 3 is 2.88 bits per heavy atom. The zero-order valence-electron chi connectivity index (χ0n) is 9.94. The van der Waals surface area contributed by atoms with Gasteiger partial charge in [-0.05, 0) is 43.4 Å². The third kappa shape index (κ3) is 1.87. The first kappa shape index (κ1) is 10.5. The Balaban J connectivity index is 1.97. The van der Waals surface area contributed by atoms with Crippen molar-refractivity contribution >= 4 is 0 Å². The van der Waals surface area contributed by atoms with E-state index in [1.807, 2.05) is 6.92 Å². The standard InChI is InChI=1S/C14H16N2O/c1-9(15)14-16-8-13(17-14)12-6-5-10-3-2-4-11(10)7-12/h5-9H,2-4,15H2,1H3. The zero-order chi connectivity index (χ0) is 11.8. The molecule has 1 unspecified atom stereocenters. The van der Waals surface area contributed by atoms with E-state index in [1.165, 1.54) is 30.4 Å². The van der Waals surface area contributed by atoms with Crippen LogP contribution in [0.1, 0.15) is 36.4 Å². The summed E-state index contributed by atoms with van der Waals surface area (Å²) in [6.45, 7) is 1.87. The van der Waals surface area contributed by atoms with Gasteiger partial charge in [0.05, 0.1) is 12.2 Å². The predicted molar refractivity (Wildman–Crippen MR) is 66.6 cm³/mol. The molecule has 1 aliphatic rings. The zero-order valence-corrected chi connectivity index (χ0v) is 9.94. The number of hydrogen-bond acceptors (Lipinski definition) is 3. The third-order valence-corrected chi connectivity index (χ3v) is 3.30. The van der Waals surface area contributed by atoms with Crippen molar-refractivity contribution in [3.8, 4) is 11.3 Å². The number of nitrogens with zero attached hydrogens (tertiary/aromatic N) is 1. The molecule has 2 N–H and O–H groups in total. The molecule has 0 amide bonds. The van der Waals surface area contributed by atoms with Crippen LogP contribution >= 0.6 is 0 Å². The van der Waals surface area contributed by atoms with Gasteiger partial charge in [0, 0.05) is 5.56 Å². The van der Waals surface area contributed by atoms with Gasteiger partial charge in [-0.25, -0.2) is 4.98 Å². The molecule has 1 aromatic heterocycles. The van der Waals surface area contributed by atoms with Gasteiger partial charge in [0.25, 0.3) is 0 Å². The van der Waals surface area contributed by atoms with E-state index in [4.69, 9.17) is 10.2 Å². The second kappa shape index (κ2) is 4.00. The molecule has 3 heteroatoms. The average Bonchev–Trinajstić information content (AvgIpc) is 2.97. The molecule has 2 aromatic rings. The lowest BCUT2D eigenvalue weighted by Gasteiger charge is -2.02. The topological polar surface area (TPSA) is 52.0 Å². The molecule has 0 spiro atoms. The molecule has 1 aromatic carbocycles. The molecule has 1 aliphatic carbocycles. The summed E-state index contributed by atoms with van der Waals surface area (Å²) in [4.78, 5) is 4.19. The smallest absolute Gasteiger partial charge is 0.211 e. The maximum Gasteiger partial charge on any atom is 0.211 e. The highest BCUT2D eigenvalue weighted by Crippen LogP contribution is 2.28. The molecule has 0 fully saturated rings. The van der Waals surface area contributed by atoms with Crippen molar-refractivity contribution in [2.24, 2.45) is 5.73 Å². The SMILES string of the molecule is CC(N)c1ncc(-c2ccc3c(c2)CCC3)o1. The van der Waals surface area contributed by atoms with E-state index in [9.17, 15) is 0 Å². The molecule has 0 radical (unpaired) electrons. The summed E-state index contributed by atoms with van der Waals surface area (Å²) < 4.78 is 5.65. The summed E-state index contributed by atoms with van der Waals surface area (Å²) in [7, 11) is 0. The number of hydrogen-bond donors (Lipinski definition) is 1. The Kier molecular flexibility index (Phi) is 2.48. The summed E-state index contributed by atoms with van der Waals surface area (Å²) in [6.07, 6.45) is 5.41. The monoisotopic (exact) mass is 228 g/mol. The van der Waals surface area contributed by atoms with E-state index >= 15 is 0 Å². The molecule has 0 bridgehead atoms. The summed E-state index contributed by atoms with van der Waals surface area (Å²) >= 11 is 0. The van der Waals surface area contributed by atoms with E-state index in [1.54, 1.807) is 6.20 Å². The Labute approximate surface area is 101 Å². The van der Waals surface area contributed by atoms with Crippen molar-refractivity contribution in [1.82, 2.24) is 4.98 Å². The minimum absolute atomic E-state index is 0.154. The van der Waals surface area contributed by atoms with Crippen molar-refractivity contribution in [2.45, 2.75) is 32.2 Å². The molecule has 88 valence electrons. The van der Waals surface area contributed by atoms with Gasteiger partial charge in [0.2, 0.25) is 5.89 Å². The minimum Gasteiger partial charge on any atom is -0.439 e. The van der Waals surface area contributed by atoms with Gasteiger partial charge in [-0.2, -0.15) is 0 Å². The maximum atomic E-state index is 5.74. The largest absolute Gasteiger partial charge is 0.439 e. The molecular weight excluding hydrogens is 212 g/mol. The van der Waals surface area contributed by atoms with Gasteiger partial charge in [0.1, 0.15) is 0 Å². The van der Waals surface area contributed by atoms with Crippen LogP contribution in [0.3, 0.4) is 0 Å². The molecule has 0 saturated heterocycles. The van der Waals surface area contributed by atoms with Crippen LogP contribution in [-0.4, -0.2) is 4.98 Å². The molecule has 1 atom stereocenters. The second-order valence-corrected chi connectivity index (χ2v) is 4.69. The second-order valence-electron chi connectivity index (χ2n) is 4.69. The first-order valence-electron chi connectivity index (χ1n) is 6.07. The Hall–Kier alpha value is -1.61. The first-order chi connectivity index (χ1) is 8.24. The molecule has 0 saturated carbocycles. The number of benzene rings is 1. The maximum absolute atomic E-state index is 5.74. The van der Waals surface area contributed by atoms with Crippen molar-refractivity contribution in [3.05, 3.63) is 41.4 Å². The van der Waals surface area contributed by atoms with E-state index in [0.717, 1.165) is 11.3 Å². The van der Waals surface area contributed by atoms with Crippen LogP contribution in [0.2, 0.25) is 0 Å². The quantitative estimate of drug-likeness (QED) is 0.859. The van der Waals surface area contributed by atoms with Crippen LogP contribution in [-0.2, 0) is 12.8 Å². The summed E-state index contributed by atoms with van der Waals surface area (Å²) in [5, 5.41) is 0. The van der Waals surface area contributed by atoms with E-state index in [-0.39, 0.29) is 6.04 Å². The van der Waals surface area contributed by atoms with Gasteiger partial charge >= 0.3 is 0 Å². The van der Waals surface area contributed by atoms with Gasteiger partial charge in [0.15, 0.2) is 5.76 Å². The average molecular weight is 228 g/mol. The Morgan fingerprint density at radius 2 is 2.12 bits per heavy atom. The Morgan fingerprint density at radius 1 is 1.29 bits per heavy atom. The molecule has 17 heavy (non-hydrogen) atoms. The highest BCUT2D eigenvalue weighted by atomic mass is 16.4. The predicted octanol–water partition coefficient (Wildman–Crippen LogP) is 2.85. The van der Waals surface area contributed by atoms with Crippen LogP contribution < -0.4 is 5.73 Å². The van der Waals surface area contributed by atoms with Crippen molar-refractivity contribution in [2.75, 3.05) is 0 Å². The summed E-state index contributed by atoms with van der Waals surface area (Å²) in [5.41, 5.74) is 9.76. The van der Waals surface area contributed by atoms with Crippen LogP contribution in [0.5, 0.6) is 0 Å². The van der Waals surface area contributed by atoms with Crippen molar-refractivity contribution in [3.63, 3.8) is 0 Å². The van der Waals surface area contributed by atoms with E-state index in [2.05, 4.69) is 23.2 Å². The van der Waals surface area contributed by atoms with Gasteiger partial charge in [-0.1, -0.05) is 12.1 Å². The number of fused-ring (bicyclic) bond motifs is 1. The third-order valence-electron chi connectivity index (χ3n) is 3.30. The van der Waals surface area contributed by atoms with Crippen LogP contribution in [0.25, 0.3) is 11.3 Å². The molecule has 3 nitrogen and oxygen atoms in total. The van der Waals surface area contributed by atoms with Crippen LogP contribution in [0.15, 0.2) is 28.8 Å². The lowest BCUT2D eigenvalue weighted by atomic mass is 10.1. The number of aryl methyl sites for hydroxylation is 2. The fourth-order valence-corrected chi connectivity index (χ4v) is 2.36. The van der Waals surface area contributed by atoms with Crippen LogP contribution in [0, 0.1) is 0 Å². The fraction of sp³-hybridized carbons (Fsp3) is 0.357. The van der Waals surface area contributed by atoms with E-state index in [0.29, 0.717) is 5.89 Å². The number of rotatable bonds is 2. The lowest BCUT2D eigenvalue weighted by molar-refractivity contribution is 0.473. The van der Waals surface area contributed by atoms with Crippen molar-refractivity contribution < 1.29 is 4.42 Å². The fourth-order valence-electron chi connectivity index (χ4n) is 2.36. The minimum atomic E-state index is -0.154. The van der Waals surface area contributed by atoms with Crippen molar-refractivity contribution in [1.29, 1.82) is 0 Å². The van der Waals surface area contributed by atoms with Gasteiger partial charge < -0.3 is 10.2 Å². The normalized spacial score (nSPS) is 15.9. The molecule has 0 aliphatic heterocycles. The number of aromatic nitrogens is 1. The van der Waals surface area contributed by atoms with Gasteiger partial charge in [-0.15, -0.1) is 0 Å². The van der Waals surface area contributed by atoms with Crippen LogP contribution in [0.4, 0.5) is 0 Å². The number of nitrogens with two attached hydrogens (primary N) is 1. The Bertz CT molecular complexity index is 543. The highest BCUT2D eigenvalue weighted by molar-refractivity contribution is 5.59. The first-order valence-corrected chi connectivity index (χ1v) is 6.07. The lowest BCUT2D eigenvalue weighted by Crippen LogP contribution is -2.04. The van der Waals surface area contributed by atoms with E-state index < -0.39 is 0 Å².